The third-order valence-corrected chi connectivity index (χ3v) is 6.54. The highest BCUT2D eigenvalue weighted by Gasteiger charge is 2.37. The summed E-state index contributed by atoms with van der Waals surface area (Å²) < 4.78 is 35.5. The summed E-state index contributed by atoms with van der Waals surface area (Å²) >= 11 is 1.45. The van der Waals surface area contributed by atoms with Gasteiger partial charge in [-0.1, -0.05) is 56.3 Å². The van der Waals surface area contributed by atoms with Gasteiger partial charge in [0, 0.05) is 17.7 Å². The molecule has 0 N–H and O–H groups in total. The van der Waals surface area contributed by atoms with E-state index in [1.165, 1.54) is 28.8 Å². The Labute approximate surface area is 208 Å². The molecule has 1 atom stereocenters. The van der Waals surface area contributed by atoms with Crippen molar-refractivity contribution in [1.82, 2.24) is 15.2 Å². The largest absolute Gasteiger partial charge is 0.447 e. The predicted molar refractivity (Wildman–Crippen MR) is 132 cm³/mol. The molecule has 3 aromatic rings. The number of ether oxygens (including phenoxy) is 1. The van der Waals surface area contributed by atoms with Crippen molar-refractivity contribution < 1.29 is 18.3 Å². The Morgan fingerprint density at radius 1 is 1.20 bits per heavy atom. The van der Waals surface area contributed by atoms with Crippen LogP contribution in [-0.2, 0) is 4.79 Å². The molecule has 0 bridgehead atoms. The van der Waals surface area contributed by atoms with Gasteiger partial charge in [0.2, 0.25) is 23.2 Å². The van der Waals surface area contributed by atoms with E-state index in [1.807, 2.05) is 26.0 Å². The van der Waals surface area contributed by atoms with Crippen molar-refractivity contribution in [3.05, 3.63) is 59.2 Å². The molecule has 1 amide bonds. The molecule has 1 aliphatic heterocycles. The van der Waals surface area contributed by atoms with Crippen molar-refractivity contribution in [2.45, 2.75) is 58.3 Å². The Hall–Kier alpha value is -3.07. The molecule has 6 nitrogen and oxygen atoms in total. The Morgan fingerprint density at radius 2 is 2.00 bits per heavy atom. The van der Waals surface area contributed by atoms with Crippen LogP contribution in [0.5, 0.6) is 5.88 Å². The van der Waals surface area contributed by atoms with Crippen LogP contribution in [-0.4, -0.2) is 26.8 Å². The molecular formula is C26H28F2N4O2S. The van der Waals surface area contributed by atoms with E-state index in [2.05, 4.69) is 29.0 Å². The van der Waals surface area contributed by atoms with Gasteiger partial charge in [0.1, 0.15) is 0 Å². The lowest BCUT2D eigenvalue weighted by Crippen LogP contribution is -2.38. The molecule has 1 unspecified atom stereocenters. The van der Waals surface area contributed by atoms with E-state index in [4.69, 9.17) is 4.74 Å². The first-order valence-electron chi connectivity index (χ1n) is 11.7. The number of anilines is 1. The van der Waals surface area contributed by atoms with Crippen LogP contribution in [0.15, 0.2) is 41.6 Å². The summed E-state index contributed by atoms with van der Waals surface area (Å²) in [6.07, 6.45) is 0.495. The number of carbonyl (C=O) groups excluding carboxylic acids is 1. The SMILES string of the molecule is CCCC(=O)N1c2ccc(C)cc2-c2nnc(SCCC(C)C)nc2OC1c1cccc(F)c1F. The number of carbonyl (C=O) groups is 1. The van der Waals surface area contributed by atoms with Crippen LogP contribution in [0.4, 0.5) is 14.5 Å². The highest BCUT2D eigenvalue weighted by Crippen LogP contribution is 2.44. The fraction of sp³-hybridized carbons (Fsp3) is 0.385. The molecule has 0 saturated carbocycles. The van der Waals surface area contributed by atoms with Crippen molar-refractivity contribution >= 4 is 23.4 Å². The number of halogens is 2. The minimum absolute atomic E-state index is 0.0959. The first-order valence-corrected chi connectivity index (χ1v) is 12.7. The summed E-state index contributed by atoms with van der Waals surface area (Å²) in [5.41, 5.74) is 2.28. The molecule has 0 spiro atoms. The Balaban J connectivity index is 1.89. The lowest BCUT2D eigenvalue weighted by molar-refractivity contribution is -0.120. The Bertz CT molecular complexity index is 1240. The average molecular weight is 499 g/mol. The Morgan fingerprint density at radius 3 is 2.74 bits per heavy atom. The van der Waals surface area contributed by atoms with Crippen molar-refractivity contribution in [2.75, 3.05) is 10.7 Å². The van der Waals surface area contributed by atoms with Crippen LogP contribution in [0.2, 0.25) is 0 Å². The monoisotopic (exact) mass is 498 g/mol. The van der Waals surface area contributed by atoms with E-state index in [9.17, 15) is 9.18 Å². The first kappa shape index (κ1) is 25.0. The standard InChI is InChI=1S/C26H28F2N4O2S/c1-5-7-21(33)32-20-11-10-16(4)14-18(20)23-24(29-26(31-30-23)35-13-12-15(2)3)34-25(32)17-8-6-9-19(27)22(17)28/h6,8-11,14-15,25H,5,7,12-13H2,1-4H3. The van der Waals surface area contributed by atoms with Crippen molar-refractivity contribution in [3.63, 3.8) is 0 Å². The zero-order chi connectivity index (χ0) is 25.1. The molecule has 1 aromatic heterocycles. The fourth-order valence-electron chi connectivity index (χ4n) is 3.84. The van der Waals surface area contributed by atoms with Gasteiger partial charge >= 0.3 is 0 Å². The van der Waals surface area contributed by atoms with Gasteiger partial charge < -0.3 is 4.74 Å². The molecule has 9 heteroatoms. The Kier molecular flexibility index (Phi) is 7.64. The van der Waals surface area contributed by atoms with Crippen LogP contribution in [0.3, 0.4) is 0 Å². The zero-order valence-corrected chi connectivity index (χ0v) is 21.0. The molecule has 4 rings (SSSR count). The van der Waals surface area contributed by atoms with Crippen LogP contribution in [0.25, 0.3) is 11.3 Å². The van der Waals surface area contributed by atoms with E-state index in [1.54, 1.807) is 6.07 Å². The van der Waals surface area contributed by atoms with Crippen LogP contribution in [0, 0.1) is 24.5 Å². The molecule has 0 aliphatic carbocycles. The second-order valence-electron chi connectivity index (χ2n) is 8.93. The third kappa shape index (κ3) is 5.29. The van der Waals surface area contributed by atoms with Gasteiger partial charge in [0.25, 0.3) is 0 Å². The average Bonchev–Trinajstić information content (AvgIpc) is 2.95. The summed E-state index contributed by atoms with van der Waals surface area (Å²) in [5, 5.41) is 9.10. The number of aryl methyl sites for hydroxylation is 1. The number of fused-ring (bicyclic) bond motifs is 3. The number of nitrogens with zero attached hydrogens (tertiary/aromatic N) is 4. The molecule has 1 aliphatic rings. The third-order valence-electron chi connectivity index (χ3n) is 5.67. The zero-order valence-electron chi connectivity index (χ0n) is 20.2. The second-order valence-corrected chi connectivity index (χ2v) is 9.99. The second kappa shape index (κ2) is 10.7. The predicted octanol–water partition coefficient (Wildman–Crippen LogP) is 6.49. The van der Waals surface area contributed by atoms with Crippen molar-refractivity contribution in [2.24, 2.45) is 5.92 Å². The highest BCUT2D eigenvalue weighted by molar-refractivity contribution is 7.99. The molecular weight excluding hydrogens is 470 g/mol. The van der Waals surface area contributed by atoms with Gasteiger partial charge in [-0.25, -0.2) is 8.78 Å². The number of amides is 1. The number of aromatic nitrogens is 3. The van der Waals surface area contributed by atoms with Gasteiger partial charge in [-0.2, -0.15) is 4.98 Å². The van der Waals surface area contributed by atoms with Crippen molar-refractivity contribution in [1.29, 1.82) is 0 Å². The fourth-order valence-corrected chi connectivity index (χ4v) is 4.86. The first-order chi connectivity index (χ1) is 16.8. The molecule has 2 aromatic carbocycles. The maximum atomic E-state index is 15.0. The minimum atomic E-state index is -1.27. The lowest BCUT2D eigenvalue weighted by atomic mass is 10.0. The van der Waals surface area contributed by atoms with E-state index >= 15 is 4.39 Å². The number of hydrogen-bond acceptors (Lipinski definition) is 6. The quantitative estimate of drug-likeness (QED) is 0.347. The molecule has 35 heavy (non-hydrogen) atoms. The van der Waals surface area contributed by atoms with E-state index in [0.717, 1.165) is 23.8 Å². The maximum absolute atomic E-state index is 15.0. The van der Waals surface area contributed by atoms with Crippen LogP contribution in [0.1, 0.15) is 57.4 Å². The molecule has 0 fully saturated rings. The van der Waals surface area contributed by atoms with Gasteiger partial charge in [-0.3, -0.25) is 9.69 Å². The smallest absolute Gasteiger partial charge is 0.247 e. The summed E-state index contributed by atoms with van der Waals surface area (Å²) in [6.45, 7) is 8.08. The van der Waals surface area contributed by atoms with Crippen LogP contribution < -0.4 is 9.64 Å². The summed E-state index contributed by atoms with van der Waals surface area (Å²) in [7, 11) is 0. The van der Waals surface area contributed by atoms with E-state index in [0.29, 0.717) is 34.4 Å². The number of benzene rings is 2. The normalized spacial score (nSPS) is 14.8. The number of hydrogen-bond donors (Lipinski definition) is 0. The number of thioether (sulfide) groups is 1. The molecule has 0 radical (unpaired) electrons. The summed E-state index contributed by atoms with van der Waals surface area (Å²) in [4.78, 5) is 19.3. The van der Waals surface area contributed by atoms with Crippen LogP contribution >= 0.6 is 11.8 Å². The highest BCUT2D eigenvalue weighted by atomic mass is 32.2. The molecule has 0 saturated heterocycles. The molecule has 2 heterocycles. The maximum Gasteiger partial charge on any atom is 0.247 e. The molecule has 184 valence electrons. The van der Waals surface area contributed by atoms with Gasteiger partial charge in [0.05, 0.1) is 11.3 Å². The summed E-state index contributed by atoms with van der Waals surface area (Å²) in [6, 6.07) is 9.34. The van der Waals surface area contributed by atoms with Crippen molar-refractivity contribution in [3.8, 4) is 17.1 Å². The van der Waals surface area contributed by atoms with E-state index < -0.39 is 17.9 Å². The van der Waals surface area contributed by atoms with Gasteiger partial charge in [-0.15, -0.1) is 10.2 Å². The lowest BCUT2D eigenvalue weighted by Gasteiger charge is -2.31. The van der Waals surface area contributed by atoms with Gasteiger partial charge in [-0.05, 0) is 43.9 Å². The minimum Gasteiger partial charge on any atom is -0.447 e. The van der Waals surface area contributed by atoms with Gasteiger partial charge in [0.15, 0.2) is 17.3 Å². The summed E-state index contributed by atoms with van der Waals surface area (Å²) in [5.74, 6) is -0.916. The topological polar surface area (TPSA) is 68.2 Å². The number of rotatable bonds is 7. The van der Waals surface area contributed by atoms with E-state index in [-0.39, 0.29) is 23.8 Å².